The summed E-state index contributed by atoms with van der Waals surface area (Å²) in [5.74, 6) is 0.804. The molecular weight excluding hydrogens is 305 g/mol. The molecule has 2 rings (SSSR count). The first-order valence-electron chi connectivity index (χ1n) is 6.98. The average Bonchev–Trinajstić information content (AvgIpc) is 2.48. The van der Waals surface area contributed by atoms with Gasteiger partial charge in [0.25, 0.3) is 0 Å². The minimum absolute atomic E-state index is 0.688. The molecule has 0 aromatic heterocycles. The van der Waals surface area contributed by atoms with Crippen LogP contribution in [0, 0.1) is 0 Å². The molecule has 4 heteroatoms. The van der Waals surface area contributed by atoms with E-state index in [2.05, 4.69) is 12.2 Å². The van der Waals surface area contributed by atoms with Crippen molar-refractivity contribution in [2.24, 2.45) is 0 Å². The highest BCUT2D eigenvalue weighted by molar-refractivity contribution is 6.31. The van der Waals surface area contributed by atoms with Crippen LogP contribution in [-0.2, 0) is 6.54 Å². The third kappa shape index (κ3) is 4.13. The summed E-state index contributed by atoms with van der Waals surface area (Å²) in [6.07, 6.45) is 1.09. The van der Waals surface area contributed by atoms with Crippen LogP contribution >= 0.6 is 23.2 Å². The van der Waals surface area contributed by atoms with Crippen LogP contribution in [-0.4, -0.2) is 13.7 Å². The first kappa shape index (κ1) is 16.2. The summed E-state index contributed by atoms with van der Waals surface area (Å²) in [5, 5.41) is 4.83. The second kappa shape index (κ2) is 7.69. The van der Waals surface area contributed by atoms with E-state index in [0.29, 0.717) is 5.02 Å². The fourth-order valence-electron chi connectivity index (χ4n) is 2.26. The van der Waals surface area contributed by atoms with Crippen molar-refractivity contribution in [2.45, 2.75) is 19.9 Å². The standard InChI is InChI=1S/C17H19Cl2NO/c1-3-8-20-11-12-9-13(18)4-6-15(12)16-10-14(19)5-7-17(16)21-2/h4-7,9-10,20H,3,8,11H2,1-2H3. The molecule has 0 unspecified atom stereocenters. The summed E-state index contributed by atoms with van der Waals surface area (Å²) < 4.78 is 5.45. The van der Waals surface area contributed by atoms with Crippen LogP contribution in [0.25, 0.3) is 11.1 Å². The summed E-state index contributed by atoms with van der Waals surface area (Å²) in [7, 11) is 1.66. The number of methoxy groups -OCH3 is 1. The van der Waals surface area contributed by atoms with Gasteiger partial charge in [-0.3, -0.25) is 0 Å². The van der Waals surface area contributed by atoms with E-state index < -0.39 is 0 Å². The van der Waals surface area contributed by atoms with Gasteiger partial charge in [-0.15, -0.1) is 0 Å². The minimum Gasteiger partial charge on any atom is -0.496 e. The van der Waals surface area contributed by atoms with Gasteiger partial charge in [-0.2, -0.15) is 0 Å². The van der Waals surface area contributed by atoms with Gasteiger partial charge in [0.1, 0.15) is 5.75 Å². The van der Waals surface area contributed by atoms with E-state index >= 15 is 0 Å². The van der Waals surface area contributed by atoms with Gasteiger partial charge in [0.15, 0.2) is 0 Å². The SMILES string of the molecule is CCCNCc1cc(Cl)ccc1-c1cc(Cl)ccc1OC. The van der Waals surface area contributed by atoms with Gasteiger partial charge in [0.2, 0.25) is 0 Å². The Balaban J connectivity index is 2.45. The molecule has 0 aliphatic carbocycles. The molecule has 112 valence electrons. The van der Waals surface area contributed by atoms with Crippen LogP contribution in [0.2, 0.25) is 10.0 Å². The zero-order valence-electron chi connectivity index (χ0n) is 12.2. The van der Waals surface area contributed by atoms with E-state index in [1.807, 2.05) is 36.4 Å². The van der Waals surface area contributed by atoms with Gasteiger partial charge in [0, 0.05) is 22.2 Å². The van der Waals surface area contributed by atoms with Crippen molar-refractivity contribution < 1.29 is 4.74 Å². The Morgan fingerprint density at radius 3 is 2.43 bits per heavy atom. The zero-order chi connectivity index (χ0) is 15.2. The van der Waals surface area contributed by atoms with Crippen LogP contribution < -0.4 is 10.1 Å². The molecule has 2 aromatic rings. The maximum Gasteiger partial charge on any atom is 0.126 e. The van der Waals surface area contributed by atoms with Crippen molar-refractivity contribution in [3.05, 3.63) is 52.0 Å². The van der Waals surface area contributed by atoms with Crippen molar-refractivity contribution in [3.63, 3.8) is 0 Å². The van der Waals surface area contributed by atoms with E-state index in [1.54, 1.807) is 7.11 Å². The Morgan fingerprint density at radius 2 is 1.71 bits per heavy atom. The molecule has 0 aliphatic heterocycles. The molecule has 0 heterocycles. The smallest absolute Gasteiger partial charge is 0.126 e. The van der Waals surface area contributed by atoms with E-state index in [1.165, 1.54) is 0 Å². The molecule has 2 aromatic carbocycles. The third-order valence-electron chi connectivity index (χ3n) is 3.26. The molecule has 1 N–H and O–H groups in total. The normalized spacial score (nSPS) is 10.7. The summed E-state index contributed by atoms with van der Waals surface area (Å²) in [6, 6.07) is 11.5. The van der Waals surface area contributed by atoms with Crippen molar-refractivity contribution in [1.82, 2.24) is 5.32 Å². The van der Waals surface area contributed by atoms with Gasteiger partial charge >= 0.3 is 0 Å². The lowest BCUT2D eigenvalue weighted by atomic mass is 9.98. The molecular formula is C17H19Cl2NO. The summed E-state index contributed by atoms with van der Waals surface area (Å²) in [6.45, 7) is 3.88. The zero-order valence-corrected chi connectivity index (χ0v) is 13.8. The highest BCUT2D eigenvalue weighted by Gasteiger charge is 2.11. The Kier molecular flexibility index (Phi) is 5.92. The fraction of sp³-hybridized carbons (Fsp3) is 0.294. The molecule has 0 radical (unpaired) electrons. The predicted molar refractivity (Wildman–Crippen MR) is 90.4 cm³/mol. The highest BCUT2D eigenvalue weighted by atomic mass is 35.5. The molecule has 0 saturated heterocycles. The first-order valence-corrected chi connectivity index (χ1v) is 7.74. The molecule has 0 atom stereocenters. The monoisotopic (exact) mass is 323 g/mol. The first-order chi connectivity index (χ1) is 10.2. The molecule has 2 nitrogen and oxygen atoms in total. The van der Waals surface area contributed by atoms with Crippen molar-refractivity contribution in [3.8, 4) is 16.9 Å². The maximum atomic E-state index is 6.14. The van der Waals surface area contributed by atoms with Gasteiger partial charge in [-0.1, -0.05) is 36.2 Å². The van der Waals surface area contributed by atoms with Crippen LogP contribution in [0.1, 0.15) is 18.9 Å². The summed E-state index contributed by atoms with van der Waals surface area (Å²) in [5.41, 5.74) is 3.20. The summed E-state index contributed by atoms with van der Waals surface area (Å²) >= 11 is 12.3. The maximum absolute atomic E-state index is 6.14. The average molecular weight is 324 g/mol. The lowest BCUT2D eigenvalue weighted by Crippen LogP contribution is -2.14. The molecule has 21 heavy (non-hydrogen) atoms. The number of hydrogen-bond donors (Lipinski definition) is 1. The van der Waals surface area contributed by atoms with Gasteiger partial charge < -0.3 is 10.1 Å². The largest absolute Gasteiger partial charge is 0.496 e. The van der Waals surface area contributed by atoms with E-state index in [0.717, 1.165) is 47.0 Å². The quantitative estimate of drug-likeness (QED) is 0.740. The number of nitrogens with one attached hydrogen (secondary N) is 1. The molecule has 0 spiro atoms. The topological polar surface area (TPSA) is 21.3 Å². The minimum atomic E-state index is 0.688. The van der Waals surface area contributed by atoms with Crippen LogP contribution in [0.3, 0.4) is 0 Å². The Bertz CT molecular complexity index is 614. The van der Waals surface area contributed by atoms with E-state index in [9.17, 15) is 0 Å². The number of ether oxygens (including phenoxy) is 1. The van der Waals surface area contributed by atoms with Gasteiger partial charge in [-0.05, 0) is 54.4 Å². The highest BCUT2D eigenvalue weighted by Crippen LogP contribution is 2.35. The van der Waals surface area contributed by atoms with Crippen LogP contribution in [0.4, 0.5) is 0 Å². The molecule has 0 bridgehead atoms. The number of benzene rings is 2. The molecule has 0 aliphatic rings. The van der Waals surface area contributed by atoms with Crippen molar-refractivity contribution in [2.75, 3.05) is 13.7 Å². The number of halogens is 2. The Hall–Kier alpha value is -1.22. The van der Waals surface area contributed by atoms with Crippen molar-refractivity contribution >= 4 is 23.2 Å². The number of hydrogen-bond acceptors (Lipinski definition) is 2. The second-order valence-electron chi connectivity index (χ2n) is 4.82. The predicted octanol–water partition coefficient (Wildman–Crippen LogP) is 5.17. The van der Waals surface area contributed by atoms with Crippen LogP contribution in [0.15, 0.2) is 36.4 Å². The van der Waals surface area contributed by atoms with E-state index in [4.69, 9.17) is 27.9 Å². The lowest BCUT2D eigenvalue weighted by Gasteiger charge is -2.14. The van der Waals surface area contributed by atoms with Crippen molar-refractivity contribution in [1.29, 1.82) is 0 Å². The fourth-order valence-corrected chi connectivity index (χ4v) is 2.63. The second-order valence-corrected chi connectivity index (χ2v) is 5.70. The van der Waals surface area contributed by atoms with E-state index in [-0.39, 0.29) is 0 Å². The third-order valence-corrected chi connectivity index (χ3v) is 3.73. The van der Waals surface area contributed by atoms with Crippen LogP contribution in [0.5, 0.6) is 5.75 Å². The molecule has 0 saturated carbocycles. The Morgan fingerprint density at radius 1 is 1.00 bits per heavy atom. The van der Waals surface area contributed by atoms with Gasteiger partial charge in [-0.25, -0.2) is 0 Å². The number of rotatable bonds is 6. The molecule has 0 fully saturated rings. The molecule has 0 amide bonds. The lowest BCUT2D eigenvalue weighted by molar-refractivity contribution is 0.416. The summed E-state index contributed by atoms with van der Waals surface area (Å²) in [4.78, 5) is 0. The Labute approximate surface area is 136 Å². The van der Waals surface area contributed by atoms with Gasteiger partial charge in [0.05, 0.1) is 7.11 Å².